The maximum absolute atomic E-state index is 13.7. The quantitative estimate of drug-likeness (QED) is 0.924. The Morgan fingerprint density at radius 2 is 1.84 bits per heavy atom. The molecule has 0 saturated carbocycles. The van der Waals surface area contributed by atoms with Crippen LogP contribution in [0.15, 0.2) is 37.0 Å². The van der Waals surface area contributed by atoms with Crippen molar-refractivity contribution in [3.8, 4) is 11.1 Å². The number of aliphatic hydroxyl groups is 1. The molecule has 0 saturated heterocycles. The Morgan fingerprint density at radius 3 is 2.42 bits per heavy atom. The average Bonchev–Trinajstić information content (AvgIpc) is 2.38. The summed E-state index contributed by atoms with van der Waals surface area (Å²) in [5.41, 5.74) is -0.251. The zero-order chi connectivity index (χ0) is 14.0. The lowest BCUT2D eigenvalue weighted by Crippen LogP contribution is -2.00. The molecule has 2 nitrogen and oxygen atoms in total. The van der Waals surface area contributed by atoms with Crippen molar-refractivity contribution in [3.63, 3.8) is 0 Å². The molecule has 0 fully saturated rings. The van der Waals surface area contributed by atoms with Crippen LogP contribution in [0.2, 0.25) is 0 Å². The molecule has 19 heavy (non-hydrogen) atoms. The fourth-order valence-electron chi connectivity index (χ4n) is 1.74. The highest BCUT2D eigenvalue weighted by molar-refractivity contribution is 5.79. The fourth-order valence-corrected chi connectivity index (χ4v) is 1.74. The highest BCUT2D eigenvalue weighted by Gasteiger charge is 2.17. The van der Waals surface area contributed by atoms with Gasteiger partial charge in [0.25, 0.3) is 0 Å². The average molecular weight is 265 g/mol. The van der Waals surface area contributed by atoms with Gasteiger partial charge in [-0.2, -0.15) is 0 Å². The molecule has 0 bridgehead atoms. The molecule has 1 N–H and O–H groups in total. The predicted molar refractivity (Wildman–Crippen MR) is 65.7 cm³/mol. The second kappa shape index (κ2) is 5.24. The lowest BCUT2D eigenvalue weighted by molar-refractivity contribution is 0.350. The molecule has 0 spiro atoms. The van der Waals surface area contributed by atoms with E-state index >= 15 is 0 Å². The Labute approximate surface area is 107 Å². The molecule has 2 rings (SSSR count). The van der Waals surface area contributed by atoms with Crippen molar-refractivity contribution < 1.29 is 18.3 Å². The summed E-state index contributed by atoms with van der Waals surface area (Å²) >= 11 is 0. The number of rotatable bonds is 3. The lowest BCUT2D eigenvalue weighted by Gasteiger charge is -2.11. The summed E-state index contributed by atoms with van der Waals surface area (Å²) < 4.78 is 40.7. The number of hydrogen-bond donors (Lipinski definition) is 1. The minimum absolute atomic E-state index is 0.0629. The highest BCUT2D eigenvalue weighted by Crippen LogP contribution is 2.31. The van der Waals surface area contributed by atoms with Gasteiger partial charge in [-0.05, 0) is 23.8 Å². The van der Waals surface area contributed by atoms with Gasteiger partial charge in [-0.25, -0.2) is 13.2 Å². The molecule has 98 valence electrons. The third-order valence-electron chi connectivity index (χ3n) is 2.61. The van der Waals surface area contributed by atoms with Crippen LogP contribution in [0.3, 0.4) is 0 Å². The Bertz CT molecular complexity index is 620. The molecule has 0 aliphatic carbocycles. The van der Waals surface area contributed by atoms with Gasteiger partial charge < -0.3 is 5.11 Å². The second-order valence-corrected chi connectivity index (χ2v) is 3.91. The van der Waals surface area contributed by atoms with Gasteiger partial charge in [0.2, 0.25) is 0 Å². The van der Waals surface area contributed by atoms with E-state index in [0.717, 1.165) is 24.4 Å². The van der Waals surface area contributed by atoms with Crippen molar-refractivity contribution in [2.75, 3.05) is 6.61 Å². The topological polar surface area (TPSA) is 33.1 Å². The van der Waals surface area contributed by atoms with E-state index in [-0.39, 0.29) is 22.4 Å². The van der Waals surface area contributed by atoms with Gasteiger partial charge in [-0.3, -0.25) is 4.98 Å². The fraction of sp³-hybridized carbons (Fsp3) is 0.0714. The third-order valence-corrected chi connectivity index (χ3v) is 2.61. The van der Waals surface area contributed by atoms with Crippen molar-refractivity contribution >= 4 is 5.57 Å². The first kappa shape index (κ1) is 13.3. The van der Waals surface area contributed by atoms with Gasteiger partial charge in [-0.1, -0.05) is 12.6 Å². The molecule has 0 amide bonds. The van der Waals surface area contributed by atoms with E-state index < -0.39 is 24.1 Å². The molecular weight excluding hydrogens is 255 g/mol. The molecule has 0 aliphatic rings. The van der Waals surface area contributed by atoms with Gasteiger partial charge in [0.15, 0.2) is 0 Å². The lowest BCUT2D eigenvalue weighted by atomic mass is 9.99. The smallest absolute Gasteiger partial charge is 0.142 e. The first-order valence-corrected chi connectivity index (χ1v) is 5.43. The monoisotopic (exact) mass is 265 g/mol. The van der Waals surface area contributed by atoms with Crippen LogP contribution in [0.5, 0.6) is 0 Å². The summed E-state index contributed by atoms with van der Waals surface area (Å²) in [4.78, 5) is 3.74. The molecule has 0 radical (unpaired) electrons. The van der Waals surface area contributed by atoms with Crippen LogP contribution >= 0.6 is 0 Å². The van der Waals surface area contributed by atoms with Crippen LogP contribution in [0, 0.1) is 17.5 Å². The summed E-state index contributed by atoms with van der Waals surface area (Å²) in [5.74, 6) is -2.40. The third kappa shape index (κ3) is 2.51. The van der Waals surface area contributed by atoms with Gasteiger partial charge in [-0.15, -0.1) is 0 Å². The minimum atomic E-state index is -0.834. The molecule has 0 atom stereocenters. The zero-order valence-electron chi connectivity index (χ0n) is 9.83. The van der Waals surface area contributed by atoms with E-state index in [1.54, 1.807) is 0 Å². The number of aliphatic hydroxyl groups excluding tert-OH is 1. The van der Waals surface area contributed by atoms with Gasteiger partial charge in [0.1, 0.15) is 17.5 Å². The Kier molecular flexibility index (Phi) is 3.66. The van der Waals surface area contributed by atoms with Crippen LogP contribution in [0.25, 0.3) is 16.7 Å². The van der Waals surface area contributed by atoms with Crippen LogP contribution in [0.1, 0.15) is 5.69 Å². The normalized spacial score (nSPS) is 10.5. The first-order valence-electron chi connectivity index (χ1n) is 5.43. The van der Waals surface area contributed by atoms with E-state index in [1.165, 1.54) is 6.07 Å². The Hall–Kier alpha value is -2.14. The maximum Gasteiger partial charge on any atom is 0.142 e. The second-order valence-electron chi connectivity index (χ2n) is 3.91. The van der Waals surface area contributed by atoms with E-state index in [1.807, 2.05) is 0 Å². The number of hydrogen-bond acceptors (Lipinski definition) is 2. The Balaban J connectivity index is 2.74. The largest absolute Gasteiger partial charge is 0.392 e. The minimum Gasteiger partial charge on any atom is -0.392 e. The number of nitrogens with zero attached hydrogens (tertiary/aromatic N) is 1. The summed E-state index contributed by atoms with van der Waals surface area (Å²) in [5, 5.41) is 9.05. The van der Waals surface area contributed by atoms with Crippen LogP contribution in [0.4, 0.5) is 13.2 Å². The van der Waals surface area contributed by atoms with E-state index in [2.05, 4.69) is 11.6 Å². The molecular formula is C14H10F3NO. The van der Waals surface area contributed by atoms with E-state index in [9.17, 15) is 13.2 Å². The molecule has 0 unspecified atom stereocenters. The van der Waals surface area contributed by atoms with Crippen LogP contribution in [-0.4, -0.2) is 16.7 Å². The predicted octanol–water partition coefficient (Wildman–Crippen LogP) is 3.17. The van der Waals surface area contributed by atoms with Gasteiger partial charge in [0.05, 0.1) is 24.1 Å². The summed E-state index contributed by atoms with van der Waals surface area (Å²) in [7, 11) is 0. The van der Waals surface area contributed by atoms with Crippen LogP contribution in [-0.2, 0) is 0 Å². The molecule has 1 heterocycles. The zero-order valence-corrected chi connectivity index (χ0v) is 9.83. The molecule has 0 aliphatic heterocycles. The van der Waals surface area contributed by atoms with E-state index in [4.69, 9.17) is 5.11 Å². The highest BCUT2D eigenvalue weighted by atomic mass is 19.1. The number of aromatic nitrogens is 1. The first-order chi connectivity index (χ1) is 9.04. The number of pyridine rings is 1. The number of benzene rings is 1. The van der Waals surface area contributed by atoms with Crippen molar-refractivity contribution in [2.24, 2.45) is 0 Å². The summed E-state index contributed by atoms with van der Waals surface area (Å²) in [6.45, 7) is 3.10. The molecule has 5 heteroatoms. The molecule has 1 aromatic heterocycles. The van der Waals surface area contributed by atoms with Gasteiger partial charge >= 0.3 is 0 Å². The summed E-state index contributed by atoms with van der Waals surface area (Å²) in [6.07, 6.45) is 0.901. The van der Waals surface area contributed by atoms with E-state index in [0.29, 0.717) is 0 Å². The van der Waals surface area contributed by atoms with Crippen LogP contribution < -0.4 is 0 Å². The van der Waals surface area contributed by atoms with Crippen molar-refractivity contribution in [1.29, 1.82) is 0 Å². The Morgan fingerprint density at radius 1 is 1.21 bits per heavy atom. The SMILES string of the molecule is C=C(CO)c1ncc(F)cc1-c1c(F)cccc1F. The van der Waals surface area contributed by atoms with Crippen molar-refractivity contribution in [2.45, 2.75) is 0 Å². The van der Waals surface area contributed by atoms with Crippen molar-refractivity contribution in [3.05, 3.63) is 60.2 Å². The summed E-state index contributed by atoms with van der Waals surface area (Å²) in [6, 6.07) is 4.30. The molecule has 2 aromatic rings. The molecule has 1 aromatic carbocycles. The number of halogens is 3. The standard InChI is InChI=1S/C14H10F3NO/c1-8(7-19)14-10(5-9(15)6-18-14)13-11(16)3-2-4-12(13)17/h2-6,19H,1,7H2. The van der Waals surface area contributed by atoms with Crippen molar-refractivity contribution in [1.82, 2.24) is 4.98 Å². The van der Waals surface area contributed by atoms with Gasteiger partial charge in [0, 0.05) is 5.56 Å². The maximum atomic E-state index is 13.7.